The summed E-state index contributed by atoms with van der Waals surface area (Å²) in [4.78, 5) is 24.5. The third kappa shape index (κ3) is 4.07. The number of aromatic nitrogens is 1. The monoisotopic (exact) mass is 379 g/mol. The lowest BCUT2D eigenvalue weighted by atomic mass is 10.2. The van der Waals surface area contributed by atoms with Crippen LogP contribution >= 0.6 is 11.3 Å². The number of hydrogen-bond acceptors (Lipinski definition) is 5. The Hall–Kier alpha value is -3.37. The van der Waals surface area contributed by atoms with Crippen LogP contribution in [0.15, 0.2) is 47.8 Å². The number of esters is 1. The summed E-state index contributed by atoms with van der Waals surface area (Å²) in [5.41, 5.74) is 3.36. The SMILES string of the molecule is Cc1ccc(C)n1-c1sccc1C(=O)OCC(=O)Nc1cccc(C#N)c1. The molecule has 136 valence electrons. The fourth-order valence-corrected chi connectivity index (χ4v) is 3.70. The van der Waals surface area contributed by atoms with Crippen LogP contribution in [-0.4, -0.2) is 23.1 Å². The molecule has 0 radical (unpaired) electrons. The van der Waals surface area contributed by atoms with E-state index in [2.05, 4.69) is 5.32 Å². The van der Waals surface area contributed by atoms with Gasteiger partial charge in [-0.25, -0.2) is 4.79 Å². The molecule has 0 saturated carbocycles. The van der Waals surface area contributed by atoms with Gasteiger partial charge in [0.1, 0.15) is 5.00 Å². The first-order valence-corrected chi connectivity index (χ1v) is 9.07. The highest BCUT2D eigenvalue weighted by Gasteiger charge is 2.19. The molecule has 0 aliphatic heterocycles. The number of anilines is 1. The third-order valence-electron chi connectivity index (χ3n) is 3.95. The van der Waals surface area contributed by atoms with Crippen molar-refractivity contribution in [3.05, 3.63) is 70.4 Å². The number of hydrogen-bond donors (Lipinski definition) is 1. The summed E-state index contributed by atoms with van der Waals surface area (Å²) in [6, 6.07) is 14.2. The van der Waals surface area contributed by atoms with Crippen molar-refractivity contribution in [3.63, 3.8) is 0 Å². The van der Waals surface area contributed by atoms with Gasteiger partial charge >= 0.3 is 5.97 Å². The lowest BCUT2D eigenvalue weighted by molar-refractivity contribution is -0.119. The number of ether oxygens (including phenoxy) is 1. The minimum absolute atomic E-state index is 0.408. The number of aryl methyl sites for hydroxylation is 2. The number of nitrogens with zero attached hydrogens (tertiary/aromatic N) is 2. The molecule has 0 fully saturated rings. The standard InChI is InChI=1S/C20H17N3O3S/c1-13-6-7-14(2)23(13)19-17(8-9-27-19)20(25)26-12-18(24)22-16-5-3-4-15(10-16)11-21/h3-10H,12H2,1-2H3,(H,22,24). The first-order valence-electron chi connectivity index (χ1n) is 8.19. The van der Waals surface area contributed by atoms with Crippen molar-refractivity contribution in [2.75, 3.05) is 11.9 Å². The van der Waals surface area contributed by atoms with E-state index in [4.69, 9.17) is 10.00 Å². The summed E-state index contributed by atoms with van der Waals surface area (Å²) >= 11 is 1.44. The third-order valence-corrected chi connectivity index (χ3v) is 4.85. The maximum atomic E-state index is 12.4. The Morgan fingerprint density at radius 3 is 2.63 bits per heavy atom. The van der Waals surface area contributed by atoms with Gasteiger partial charge in [0, 0.05) is 17.1 Å². The lowest BCUT2D eigenvalue weighted by Gasteiger charge is -2.10. The molecule has 3 aromatic rings. The van der Waals surface area contributed by atoms with Crippen molar-refractivity contribution in [2.45, 2.75) is 13.8 Å². The van der Waals surface area contributed by atoms with Crippen molar-refractivity contribution in [3.8, 4) is 11.1 Å². The average Bonchev–Trinajstić information content (AvgIpc) is 3.26. The van der Waals surface area contributed by atoms with Crippen molar-refractivity contribution in [1.29, 1.82) is 5.26 Å². The van der Waals surface area contributed by atoms with Gasteiger partial charge in [-0.3, -0.25) is 4.79 Å². The molecule has 0 aliphatic carbocycles. The van der Waals surface area contributed by atoms with E-state index < -0.39 is 18.5 Å². The molecule has 1 aromatic carbocycles. The molecule has 27 heavy (non-hydrogen) atoms. The van der Waals surface area contributed by atoms with Gasteiger partial charge in [-0.15, -0.1) is 11.3 Å². The van der Waals surface area contributed by atoms with Crippen LogP contribution in [0.25, 0.3) is 5.00 Å². The van der Waals surface area contributed by atoms with Gasteiger partial charge in [-0.05, 0) is 55.6 Å². The number of amides is 1. The predicted octanol–water partition coefficient (Wildman–Crippen LogP) is 3.82. The zero-order valence-electron chi connectivity index (χ0n) is 14.9. The Labute approximate surface area is 160 Å². The minimum Gasteiger partial charge on any atom is -0.452 e. The Bertz CT molecular complexity index is 1020. The van der Waals surface area contributed by atoms with Crippen molar-refractivity contribution in [1.82, 2.24) is 4.57 Å². The highest BCUT2D eigenvalue weighted by atomic mass is 32.1. The van der Waals surface area contributed by atoms with E-state index in [0.29, 0.717) is 16.8 Å². The van der Waals surface area contributed by atoms with Gasteiger partial charge in [0.15, 0.2) is 6.61 Å². The fraction of sp³-hybridized carbons (Fsp3) is 0.150. The van der Waals surface area contributed by atoms with Gasteiger partial charge in [-0.2, -0.15) is 5.26 Å². The zero-order valence-corrected chi connectivity index (χ0v) is 15.7. The Morgan fingerprint density at radius 2 is 1.93 bits per heavy atom. The van der Waals surface area contributed by atoms with Crippen molar-refractivity contribution < 1.29 is 14.3 Å². The highest BCUT2D eigenvalue weighted by molar-refractivity contribution is 7.13. The van der Waals surface area contributed by atoms with Crippen molar-refractivity contribution >= 4 is 28.9 Å². The largest absolute Gasteiger partial charge is 0.452 e. The van der Waals surface area contributed by atoms with Gasteiger partial charge in [0.25, 0.3) is 5.91 Å². The molecule has 1 amide bonds. The molecule has 0 atom stereocenters. The first kappa shape index (κ1) is 18.4. The van der Waals surface area contributed by atoms with E-state index in [0.717, 1.165) is 16.4 Å². The van der Waals surface area contributed by atoms with Crippen LogP contribution in [0.3, 0.4) is 0 Å². The summed E-state index contributed by atoms with van der Waals surface area (Å²) in [5, 5.41) is 14.1. The molecular formula is C20H17N3O3S. The summed E-state index contributed by atoms with van der Waals surface area (Å²) in [5.74, 6) is -1.02. The maximum Gasteiger partial charge on any atom is 0.341 e. The van der Waals surface area contributed by atoms with Crippen LogP contribution in [0, 0.1) is 25.2 Å². The van der Waals surface area contributed by atoms with Gasteiger partial charge in [-0.1, -0.05) is 6.07 Å². The molecule has 0 spiro atoms. The van der Waals surface area contributed by atoms with Gasteiger partial charge in [0.2, 0.25) is 0 Å². The van der Waals surface area contributed by atoms with Gasteiger partial charge in [0.05, 0.1) is 17.2 Å². The van der Waals surface area contributed by atoms with Gasteiger partial charge < -0.3 is 14.6 Å². The first-order chi connectivity index (χ1) is 13.0. The smallest absolute Gasteiger partial charge is 0.341 e. The topological polar surface area (TPSA) is 84.1 Å². The second-order valence-electron chi connectivity index (χ2n) is 5.91. The molecule has 0 saturated heterocycles. The van der Waals surface area contributed by atoms with E-state index >= 15 is 0 Å². The van der Waals surface area contributed by atoms with Crippen LogP contribution < -0.4 is 5.32 Å². The molecule has 2 heterocycles. The maximum absolute atomic E-state index is 12.4. The number of carbonyl (C=O) groups excluding carboxylic acids is 2. The Kier molecular flexibility index (Phi) is 5.38. The van der Waals surface area contributed by atoms with E-state index in [1.807, 2.05) is 42.0 Å². The normalized spacial score (nSPS) is 10.3. The van der Waals surface area contributed by atoms with E-state index in [9.17, 15) is 9.59 Å². The summed E-state index contributed by atoms with van der Waals surface area (Å²) in [7, 11) is 0. The van der Waals surface area contributed by atoms with Crippen LogP contribution in [-0.2, 0) is 9.53 Å². The molecule has 0 aliphatic rings. The number of nitrogens with one attached hydrogen (secondary N) is 1. The second kappa shape index (κ2) is 7.89. The zero-order chi connectivity index (χ0) is 19.4. The van der Waals surface area contributed by atoms with Crippen LogP contribution in [0.1, 0.15) is 27.3 Å². The number of thiophene rings is 1. The molecule has 3 rings (SSSR count). The molecule has 0 bridgehead atoms. The number of carbonyl (C=O) groups is 2. The number of nitriles is 1. The molecule has 2 aromatic heterocycles. The molecule has 0 unspecified atom stereocenters. The molecule has 7 heteroatoms. The summed E-state index contributed by atoms with van der Waals surface area (Å²) in [6.07, 6.45) is 0. The predicted molar refractivity (Wildman–Crippen MR) is 103 cm³/mol. The quantitative estimate of drug-likeness (QED) is 0.683. The van der Waals surface area contributed by atoms with Crippen molar-refractivity contribution in [2.24, 2.45) is 0 Å². The van der Waals surface area contributed by atoms with Crippen LogP contribution in [0.2, 0.25) is 0 Å². The van der Waals surface area contributed by atoms with E-state index in [1.54, 1.807) is 30.3 Å². The average molecular weight is 379 g/mol. The highest BCUT2D eigenvalue weighted by Crippen LogP contribution is 2.26. The van der Waals surface area contributed by atoms with E-state index in [-0.39, 0.29) is 0 Å². The Morgan fingerprint density at radius 1 is 1.19 bits per heavy atom. The number of rotatable bonds is 5. The molecular weight excluding hydrogens is 362 g/mol. The molecule has 1 N–H and O–H groups in total. The lowest BCUT2D eigenvalue weighted by Crippen LogP contribution is -2.21. The minimum atomic E-state index is -0.556. The Balaban J connectivity index is 1.66. The number of benzene rings is 1. The van der Waals surface area contributed by atoms with Crippen LogP contribution in [0.5, 0.6) is 0 Å². The van der Waals surface area contributed by atoms with Crippen LogP contribution in [0.4, 0.5) is 5.69 Å². The fourth-order valence-electron chi connectivity index (χ4n) is 2.69. The van der Waals surface area contributed by atoms with E-state index in [1.165, 1.54) is 11.3 Å². The summed E-state index contributed by atoms with van der Waals surface area (Å²) < 4.78 is 7.15. The summed E-state index contributed by atoms with van der Waals surface area (Å²) in [6.45, 7) is 3.52. The second-order valence-corrected chi connectivity index (χ2v) is 6.80. The molecule has 6 nitrogen and oxygen atoms in total.